The molecule has 5 heteroatoms. The van der Waals surface area contributed by atoms with Gasteiger partial charge in [0, 0.05) is 29.7 Å². The highest BCUT2D eigenvalue weighted by Crippen LogP contribution is 2.29. The molecule has 2 aromatic rings. The van der Waals surface area contributed by atoms with Crippen molar-refractivity contribution in [3.05, 3.63) is 64.4 Å². The van der Waals surface area contributed by atoms with E-state index in [1.807, 2.05) is 24.3 Å². The Balaban J connectivity index is 1.93. The van der Waals surface area contributed by atoms with Gasteiger partial charge in [0.25, 0.3) is 0 Å². The van der Waals surface area contributed by atoms with Crippen molar-refractivity contribution in [1.29, 1.82) is 0 Å². The molecule has 0 spiro atoms. The molecule has 2 N–H and O–H groups in total. The van der Waals surface area contributed by atoms with E-state index < -0.39 is 0 Å². The predicted molar refractivity (Wildman–Crippen MR) is 99.6 cm³/mol. The van der Waals surface area contributed by atoms with Crippen LogP contribution in [0.4, 0.5) is 0 Å². The molecular formula is C18H23BrN4. The van der Waals surface area contributed by atoms with E-state index in [1.165, 1.54) is 5.56 Å². The molecular weight excluding hydrogens is 352 g/mol. The second-order valence-corrected chi connectivity index (χ2v) is 6.82. The average Bonchev–Trinajstić information content (AvgIpc) is 2.56. The van der Waals surface area contributed by atoms with Crippen LogP contribution < -0.4 is 10.6 Å². The normalized spacial score (nSPS) is 12.1. The fourth-order valence-electron chi connectivity index (χ4n) is 2.31. The number of hydrogen-bond donors (Lipinski definition) is 2. The molecule has 1 aromatic carbocycles. The Labute approximate surface area is 146 Å². The largest absolute Gasteiger partial charge is 0.356 e. The number of aliphatic imine (C=N–C) groups is 1. The summed E-state index contributed by atoms with van der Waals surface area (Å²) in [5.74, 6) is 0.774. The van der Waals surface area contributed by atoms with Gasteiger partial charge in [0.15, 0.2) is 5.96 Å². The van der Waals surface area contributed by atoms with Crippen LogP contribution >= 0.6 is 15.9 Å². The van der Waals surface area contributed by atoms with Gasteiger partial charge in [0.1, 0.15) is 0 Å². The highest BCUT2D eigenvalue weighted by Gasteiger charge is 2.23. The van der Waals surface area contributed by atoms with Gasteiger partial charge < -0.3 is 10.6 Å². The highest BCUT2D eigenvalue weighted by molar-refractivity contribution is 9.10. The summed E-state index contributed by atoms with van der Waals surface area (Å²) in [5, 5.41) is 6.68. The summed E-state index contributed by atoms with van der Waals surface area (Å²) in [4.78, 5) is 8.58. The van der Waals surface area contributed by atoms with E-state index in [4.69, 9.17) is 0 Å². The summed E-state index contributed by atoms with van der Waals surface area (Å²) in [5.41, 5.74) is 2.23. The zero-order valence-corrected chi connectivity index (χ0v) is 15.4. The van der Waals surface area contributed by atoms with Crippen molar-refractivity contribution in [2.75, 3.05) is 13.6 Å². The number of pyridine rings is 1. The summed E-state index contributed by atoms with van der Waals surface area (Å²) in [6, 6.07) is 14.2. The quantitative estimate of drug-likeness (QED) is 0.621. The number of benzene rings is 1. The molecule has 4 nitrogen and oxygen atoms in total. The third-order valence-electron chi connectivity index (χ3n) is 3.69. The van der Waals surface area contributed by atoms with Gasteiger partial charge in [0.05, 0.1) is 12.2 Å². The molecule has 2 rings (SSSR count). The fourth-order valence-corrected chi connectivity index (χ4v) is 3.13. The van der Waals surface area contributed by atoms with E-state index in [0.717, 1.165) is 22.7 Å². The molecule has 0 saturated heterocycles. The van der Waals surface area contributed by atoms with E-state index in [1.54, 1.807) is 13.2 Å². The topological polar surface area (TPSA) is 49.3 Å². The van der Waals surface area contributed by atoms with Crippen LogP contribution in [0.25, 0.3) is 0 Å². The molecule has 0 fully saturated rings. The third kappa shape index (κ3) is 5.06. The molecule has 0 atom stereocenters. The molecule has 0 bridgehead atoms. The first-order valence-electron chi connectivity index (χ1n) is 7.62. The number of halogens is 1. The van der Waals surface area contributed by atoms with Crippen LogP contribution in [0.5, 0.6) is 0 Å². The van der Waals surface area contributed by atoms with Crippen molar-refractivity contribution in [3.63, 3.8) is 0 Å². The molecule has 122 valence electrons. The summed E-state index contributed by atoms with van der Waals surface area (Å²) in [6.07, 6.45) is 1.79. The molecule has 0 aliphatic heterocycles. The van der Waals surface area contributed by atoms with Crippen molar-refractivity contribution in [2.24, 2.45) is 4.99 Å². The Morgan fingerprint density at radius 2 is 1.87 bits per heavy atom. The van der Waals surface area contributed by atoms with Crippen molar-refractivity contribution < 1.29 is 0 Å². The molecule has 0 amide bonds. The van der Waals surface area contributed by atoms with Crippen molar-refractivity contribution in [1.82, 2.24) is 15.6 Å². The van der Waals surface area contributed by atoms with Crippen LogP contribution in [0.15, 0.2) is 58.1 Å². The second kappa shape index (κ2) is 8.11. The van der Waals surface area contributed by atoms with Crippen LogP contribution in [-0.4, -0.2) is 24.5 Å². The second-order valence-electron chi connectivity index (χ2n) is 5.96. The minimum atomic E-state index is -0.0251. The number of nitrogens with one attached hydrogen (secondary N) is 2. The van der Waals surface area contributed by atoms with Crippen LogP contribution in [0.1, 0.15) is 25.1 Å². The van der Waals surface area contributed by atoms with Crippen molar-refractivity contribution in [3.8, 4) is 0 Å². The molecule has 1 aromatic heterocycles. The maximum Gasteiger partial charge on any atom is 0.191 e. The molecule has 0 aliphatic carbocycles. The predicted octanol–water partition coefficient (Wildman–Crippen LogP) is 3.49. The third-order valence-corrected chi connectivity index (χ3v) is 4.38. The van der Waals surface area contributed by atoms with Crippen LogP contribution in [0.2, 0.25) is 0 Å². The van der Waals surface area contributed by atoms with Gasteiger partial charge >= 0.3 is 0 Å². The minimum absolute atomic E-state index is 0.0251. The van der Waals surface area contributed by atoms with Gasteiger partial charge in [-0.15, -0.1) is 0 Å². The maximum atomic E-state index is 4.30. The number of aromatic nitrogens is 1. The molecule has 0 aliphatic rings. The summed E-state index contributed by atoms with van der Waals surface area (Å²) in [7, 11) is 1.78. The lowest BCUT2D eigenvalue weighted by atomic mass is 9.84. The van der Waals surface area contributed by atoms with Crippen molar-refractivity contribution >= 4 is 21.9 Å². The standard InChI is InChI=1S/C18H23BrN4/c1-18(2,15-9-4-5-10-16(15)19)13-23-17(20-3)22-12-14-8-6-7-11-21-14/h4-11H,12-13H2,1-3H3,(H2,20,22,23). The SMILES string of the molecule is CN=C(NCc1ccccn1)NCC(C)(C)c1ccccc1Br. The zero-order chi connectivity index (χ0) is 16.7. The Kier molecular flexibility index (Phi) is 6.16. The molecule has 0 unspecified atom stereocenters. The fraction of sp³-hybridized carbons (Fsp3) is 0.333. The lowest BCUT2D eigenvalue weighted by Crippen LogP contribution is -2.43. The maximum absolute atomic E-state index is 4.30. The molecule has 1 heterocycles. The minimum Gasteiger partial charge on any atom is -0.356 e. The number of rotatable bonds is 5. The Morgan fingerprint density at radius 1 is 1.13 bits per heavy atom. The Hall–Kier alpha value is -1.88. The van der Waals surface area contributed by atoms with E-state index in [2.05, 4.69) is 68.6 Å². The summed E-state index contributed by atoms with van der Waals surface area (Å²) < 4.78 is 1.13. The summed E-state index contributed by atoms with van der Waals surface area (Å²) >= 11 is 3.64. The van der Waals surface area contributed by atoms with Gasteiger partial charge in [-0.05, 0) is 23.8 Å². The van der Waals surface area contributed by atoms with E-state index in [-0.39, 0.29) is 5.41 Å². The van der Waals surface area contributed by atoms with Gasteiger partial charge in [-0.25, -0.2) is 0 Å². The Morgan fingerprint density at radius 3 is 2.52 bits per heavy atom. The highest BCUT2D eigenvalue weighted by atomic mass is 79.9. The number of nitrogens with zero attached hydrogens (tertiary/aromatic N) is 2. The molecule has 0 radical (unpaired) electrons. The monoisotopic (exact) mass is 374 g/mol. The summed E-state index contributed by atoms with van der Waals surface area (Å²) in [6.45, 7) is 5.85. The van der Waals surface area contributed by atoms with Crippen LogP contribution in [0.3, 0.4) is 0 Å². The first-order chi connectivity index (χ1) is 11.0. The van der Waals surface area contributed by atoms with E-state index >= 15 is 0 Å². The molecule has 0 saturated carbocycles. The smallest absolute Gasteiger partial charge is 0.191 e. The van der Waals surface area contributed by atoms with Crippen LogP contribution in [-0.2, 0) is 12.0 Å². The van der Waals surface area contributed by atoms with Crippen LogP contribution in [0, 0.1) is 0 Å². The lowest BCUT2D eigenvalue weighted by Gasteiger charge is -2.27. The van der Waals surface area contributed by atoms with E-state index in [0.29, 0.717) is 6.54 Å². The van der Waals surface area contributed by atoms with Crippen molar-refractivity contribution in [2.45, 2.75) is 25.8 Å². The van der Waals surface area contributed by atoms with Gasteiger partial charge in [-0.3, -0.25) is 9.98 Å². The first-order valence-corrected chi connectivity index (χ1v) is 8.41. The first kappa shape index (κ1) is 17.5. The Bertz CT molecular complexity index is 653. The van der Waals surface area contributed by atoms with Gasteiger partial charge in [-0.1, -0.05) is 54.0 Å². The zero-order valence-electron chi connectivity index (χ0n) is 13.8. The number of guanidine groups is 1. The lowest BCUT2D eigenvalue weighted by molar-refractivity contribution is 0.506. The number of hydrogen-bond acceptors (Lipinski definition) is 2. The molecule has 23 heavy (non-hydrogen) atoms. The average molecular weight is 375 g/mol. The van der Waals surface area contributed by atoms with Gasteiger partial charge in [0.2, 0.25) is 0 Å². The van der Waals surface area contributed by atoms with Gasteiger partial charge in [-0.2, -0.15) is 0 Å². The van der Waals surface area contributed by atoms with E-state index in [9.17, 15) is 0 Å².